The summed E-state index contributed by atoms with van der Waals surface area (Å²) in [5.74, 6) is 0. The highest BCUT2D eigenvalue weighted by Crippen LogP contribution is 2.38. The number of ether oxygens (including phenoxy) is 1. The first-order valence-corrected chi connectivity index (χ1v) is 9.01. The van der Waals surface area contributed by atoms with Gasteiger partial charge >= 0.3 is 11.8 Å². The predicted molar refractivity (Wildman–Crippen MR) is 99.5 cm³/mol. The first-order chi connectivity index (χ1) is 13.6. The van der Waals surface area contributed by atoms with Gasteiger partial charge in [0.1, 0.15) is 5.69 Å². The number of fused-ring (bicyclic) bond motifs is 1. The fourth-order valence-corrected chi connectivity index (χ4v) is 3.12. The van der Waals surface area contributed by atoms with E-state index in [4.69, 9.17) is 14.5 Å². The highest BCUT2D eigenvalue weighted by atomic mass is 16.6. The van der Waals surface area contributed by atoms with E-state index in [1.807, 2.05) is 4.90 Å². The maximum atomic E-state index is 11.9. The molecule has 2 aromatic rings. The van der Waals surface area contributed by atoms with Gasteiger partial charge in [0.15, 0.2) is 5.52 Å². The maximum Gasteiger partial charge on any atom is 0.409 e. The number of carbonyl (C=O) groups excluding carboxylic acids is 1. The molecule has 152 valence electrons. The van der Waals surface area contributed by atoms with Gasteiger partial charge in [0.05, 0.1) is 17.2 Å². The van der Waals surface area contributed by atoms with E-state index < -0.39 is 4.92 Å². The largest absolute Gasteiger partial charge is 0.450 e. The van der Waals surface area contributed by atoms with Gasteiger partial charge in [0.2, 0.25) is 5.52 Å². The number of nitrogens with one attached hydrogen (secondary N) is 1. The third kappa shape index (κ3) is 3.91. The number of anilines is 2. The first kappa shape index (κ1) is 19.6. The zero-order valence-corrected chi connectivity index (χ0v) is 15.5. The fourth-order valence-electron chi connectivity index (χ4n) is 3.12. The lowest BCUT2D eigenvalue weighted by atomic mass is 10.1. The average molecular weight is 394 g/mol. The molecule has 1 saturated heterocycles. The standard InChI is InChI=1S/C16H22N6O6/c1-2-27-16(24)21-7-5-20(6-8-21)12-10-11(17-4-3-9-23)15(22(25)26)14-13(12)18-28-19-14/h10,17,23H,2-9H2,1H3. The van der Waals surface area contributed by atoms with Crippen LogP contribution in [0.2, 0.25) is 0 Å². The molecule has 0 unspecified atom stereocenters. The lowest BCUT2D eigenvalue weighted by molar-refractivity contribution is -0.382. The number of aromatic nitrogens is 2. The Morgan fingerprint density at radius 2 is 2.07 bits per heavy atom. The van der Waals surface area contributed by atoms with Crippen molar-refractivity contribution in [2.24, 2.45) is 0 Å². The van der Waals surface area contributed by atoms with E-state index in [0.29, 0.717) is 57.0 Å². The van der Waals surface area contributed by atoms with Gasteiger partial charge in [-0.15, -0.1) is 0 Å². The van der Waals surface area contributed by atoms with Crippen LogP contribution >= 0.6 is 0 Å². The Hall–Kier alpha value is -3.15. The summed E-state index contributed by atoms with van der Waals surface area (Å²) in [5.41, 5.74) is 1.05. The number of nitrogens with zero attached hydrogens (tertiary/aromatic N) is 5. The van der Waals surface area contributed by atoms with Crippen molar-refractivity contribution in [2.45, 2.75) is 13.3 Å². The summed E-state index contributed by atoms with van der Waals surface area (Å²) in [5, 5.41) is 31.1. The van der Waals surface area contributed by atoms with E-state index >= 15 is 0 Å². The van der Waals surface area contributed by atoms with Crippen LogP contribution in [0.5, 0.6) is 0 Å². The van der Waals surface area contributed by atoms with Gasteiger partial charge in [-0.25, -0.2) is 9.42 Å². The van der Waals surface area contributed by atoms with Gasteiger partial charge < -0.3 is 25.0 Å². The molecule has 12 nitrogen and oxygen atoms in total. The number of nitro groups is 1. The van der Waals surface area contributed by atoms with Crippen molar-refractivity contribution in [1.29, 1.82) is 0 Å². The molecular weight excluding hydrogens is 372 g/mol. The van der Waals surface area contributed by atoms with Gasteiger partial charge in [0.25, 0.3) is 0 Å². The molecule has 1 fully saturated rings. The molecule has 0 aliphatic carbocycles. The molecule has 1 amide bonds. The zero-order valence-electron chi connectivity index (χ0n) is 15.5. The van der Waals surface area contributed by atoms with Crippen LogP contribution in [0.3, 0.4) is 0 Å². The molecule has 2 N–H and O–H groups in total. The number of aliphatic hydroxyl groups excluding tert-OH is 1. The minimum absolute atomic E-state index is 0.0305. The number of hydrogen-bond acceptors (Lipinski definition) is 10. The molecule has 1 aromatic carbocycles. The van der Waals surface area contributed by atoms with Crippen molar-refractivity contribution in [2.75, 3.05) is 56.2 Å². The smallest absolute Gasteiger partial charge is 0.409 e. The van der Waals surface area contributed by atoms with E-state index in [-0.39, 0.29) is 29.6 Å². The average Bonchev–Trinajstić information content (AvgIpc) is 3.17. The van der Waals surface area contributed by atoms with E-state index in [9.17, 15) is 14.9 Å². The van der Waals surface area contributed by atoms with Gasteiger partial charge in [-0.1, -0.05) is 0 Å². The van der Waals surface area contributed by atoms with Crippen LogP contribution in [-0.4, -0.2) is 77.3 Å². The van der Waals surface area contributed by atoms with Crippen molar-refractivity contribution in [3.8, 4) is 0 Å². The van der Waals surface area contributed by atoms with Crippen molar-refractivity contribution < 1.29 is 24.2 Å². The Morgan fingerprint density at radius 3 is 2.71 bits per heavy atom. The molecule has 1 aliphatic rings. The van der Waals surface area contributed by atoms with Gasteiger partial charge in [-0.05, 0) is 29.7 Å². The monoisotopic (exact) mass is 394 g/mol. The second-order valence-electron chi connectivity index (χ2n) is 6.19. The zero-order chi connectivity index (χ0) is 20.1. The molecular formula is C16H22N6O6. The molecule has 0 spiro atoms. The Labute approximate surface area is 160 Å². The fraction of sp³-hybridized carbons (Fsp3) is 0.562. The van der Waals surface area contributed by atoms with Crippen molar-refractivity contribution in [3.63, 3.8) is 0 Å². The Morgan fingerprint density at radius 1 is 1.36 bits per heavy atom. The molecule has 2 heterocycles. The van der Waals surface area contributed by atoms with Crippen molar-refractivity contribution >= 4 is 34.2 Å². The van der Waals surface area contributed by atoms with E-state index in [1.165, 1.54) is 0 Å². The summed E-state index contributed by atoms with van der Waals surface area (Å²) in [6.07, 6.45) is 0.0882. The molecule has 28 heavy (non-hydrogen) atoms. The third-order valence-corrected chi connectivity index (χ3v) is 4.47. The number of rotatable bonds is 7. The summed E-state index contributed by atoms with van der Waals surface area (Å²) >= 11 is 0. The van der Waals surface area contributed by atoms with Gasteiger partial charge in [-0.3, -0.25) is 10.1 Å². The molecule has 1 aliphatic heterocycles. The lowest BCUT2D eigenvalue weighted by Gasteiger charge is -2.35. The Balaban J connectivity index is 1.89. The normalized spacial score (nSPS) is 14.4. The molecule has 0 atom stereocenters. The lowest BCUT2D eigenvalue weighted by Crippen LogP contribution is -2.49. The summed E-state index contributed by atoms with van der Waals surface area (Å²) in [6.45, 7) is 4.33. The molecule has 0 saturated carbocycles. The highest BCUT2D eigenvalue weighted by molar-refractivity contribution is 5.99. The van der Waals surface area contributed by atoms with Crippen LogP contribution in [0, 0.1) is 10.1 Å². The van der Waals surface area contributed by atoms with Crippen molar-refractivity contribution in [1.82, 2.24) is 15.2 Å². The van der Waals surface area contributed by atoms with E-state index in [2.05, 4.69) is 15.6 Å². The second kappa shape index (κ2) is 8.69. The number of carbonyl (C=O) groups is 1. The van der Waals surface area contributed by atoms with Crippen LogP contribution in [0.1, 0.15) is 13.3 Å². The molecule has 0 radical (unpaired) electrons. The quantitative estimate of drug-likeness (QED) is 0.399. The van der Waals surface area contributed by atoms with Crippen LogP contribution < -0.4 is 10.2 Å². The summed E-state index contributed by atoms with van der Waals surface area (Å²) < 4.78 is 9.80. The Kier molecular flexibility index (Phi) is 6.09. The van der Waals surface area contributed by atoms with Gasteiger partial charge in [0, 0.05) is 39.3 Å². The van der Waals surface area contributed by atoms with E-state index in [0.717, 1.165) is 0 Å². The topological polar surface area (TPSA) is 147 Å². The SMILES string of the molecule is CCOC(=O)N1CCN(c2cc(NCCCO)c([N+](=O)[O-])c3nonc23)CC1. The highest BCUT2D eigenvalue weighted by Gasteiger charge is 2.30. The number of piperazine rings is 1. The first-order valence-electron chi connectivity index (χ1n) is 9.01. The number of hydrogen-bond donors (Lipinski definition) is 2. The molecule has 1 aromatic heterocycles. The third-order valence-electron chi connectivity index (χ3n) is 4.47. The van der Waals surface area contributed by atoms with Crippen LogP contribution in [-0.2, 0) is 4.74 Å². The number of nitro benzene ring substituents is 1. The summed E-state index contributed by atoms with van der Waals surface area (Å²) in [7, 11) is 0. The van der Waals surface area contributed by atoms with Crippen LogP contribution in [0.15, 0.2) is 10.7 Å². The van der Waals surface area contributed by atoms with Crippen molar-refractivity contribution in [3.05, 3.63) is 16.2 Å². The minimum Gasteiger partial charge on any atom is -0.450 e. The Bertz CT molecular complexity index is 848. The number of benzene rings is 1. The van der Waals surface area contributed by atoms with E-state index in [1.54, 1.807) is 17.9 Å². The molecule has 3 rings (SSSR count). The van der Waals surface area contributed by atoms with Crippen LogP contribution in [0.25, 0.3) is 11.0 Å². The number of aliphatic hydroxyl groups is 1. The predicted octanol–water partition coefficient (Wildman–Crippen LogP) is 1.20. The maximum absolute atomic E-state index is 11.9. The second-order valence-corrected chi connectivity index (χ2v) is 6.19. The van der Waals surface area contributed by atoms with Crippen LogP contribution in [0.4, 0.5) is 21.9 Å². The molecule has 0 bridgehead atoms. The molecule has 12 heteroatoms. The summed E-state index contributed by atoms with van der Waals surface area (Å²) in [4.78, 5) is 26.5. The number of amides is 1. The summed E-state index contributed by atoms with van der Waals surface area (Å²) in [6, 6.07) is 1.64. The van der Waals surface area contributed by atoms with Gasteiger partial charge in [-0.2, -0.15) is 0 Å². The minimum atomic E-state index is -0.531.